The summed E-state index contributed by atoms with van der Waals surface area (Å²) < 4.78 is 15.6. The maximum absolute atomic E-state index is 13.6. The summed E-state index contributed by atoms with van der Waals surface area (Å²) in [7, 11) is 0. The Hall–Kier alpha value is -2.76. The molecule has 0 bridgehead atoms. The van der Waals surface area contributed by atoms with Crippen molar-refractivity contribution in [2.45, 2.75) is 25.9 Å². The fraction of sp³-hybridized carbons (Fsp3) is 0.278. The van der Waals surface area contributed by atoms with E-state index in [0.717, 1.165) is 34.5 Å². The summed E-state index contributed by atoms with van der Waals surface area (Å²) in [6.07, 6.45) is 10.5. The number of hydrogen-bond donors (Lipinski definition) is 1. The van der Waals surface area contributed by atoms with E-state index in [2.05, 4.69) is 38.6 Å². The Morgan fingerprint density at radius 3 is 3.04 bits per heavy atom. The Labute approximate surface area is 140 Å². The highest BCUT2D eigenvalue weighted by Crippen LogP contribution is 2.31. The zero-order chi connectivity index (χ0) is 16.7. The maximum Gasteiger partial charge on any atom is 0.223 e. The number of aromatic nitrogens is 4. The van der Waals surface area contributed by atoms with Gasteiger partial charge >= 0.3 is 0 Å². The van der Waals surface area contributed by atoms with Gasteiger partial charge in [-0.3, -0.25) is 0 Å². The number of pyridine rings is 1. The van der Waals surface area contributed by atoms with Crippen molar-refractivity contribution in [3.63, 3.8) is 0 Å². The molecule has 0 unspecified atom stereocenters. The van der Waals surface area contributed by atoms with Crippen LogP contribution in [0.2, 0.25) is 0 Å². The average molecular weight is 325 g/mol. The van der Waals surface area contributed by atoms with E-state index in [9.17, 15) is 4.39 Å². The maximum atomic E-state index is 13.6. The highest BCUT2D eigenvalue weighted by atomic mass is 19.1. The van der Waals surface area contributed by atoms with E-state index in [-0.39, 0.29) is 7.97 Å². The van der Waals surface area contributed by atoms with Crippen LogP contribution in [-0.2, 0) is 6.42 Å². The fourth-order valence-corrected chi connectivity index (χ4v) is 2.83. The van der Waals surface area contributed by atoms with Gasteiger partial charge in [0.1, 0.15) is 11.3 Å². The summed E-state index contributed by atoms with van der Waals surface area (Å²) in [6, 6.07) is 4.05. The van der Waals surface area contributed by atoms with Gasteiger partial charge in [0.2, 0.25) is 5.95 Å². The third-order valence-electron chi connectivity index (χ3n) is 4.02. The van der Waals surface area contributed by atoms with E-state index in [1.54, 1.807) is 6.20 Å². The number of imidazole rings is 1. The van der Waals surface area contributed by atoms with Crippen LogP contribution in [0.25, 0.3) is 11.2 Å². The van der Waals surface area contributed by atoms with Crippen LogP contribution in [0.4, 0.5) is 10.3 Å². The molecular formula is C18H20FN5. The lowest BCUT2D eigenvalue weighted by molar-refractivity contribution is 0.234. The molecule has 1 aliphatic carbocycles. The molecule has 5 nitrogen and oxygen atoms in total. The smallest absolute Gasteiger partial charge is 0.223 e. The van der Waals surface area contributed by atoms with Gasteiger partial charge in [-0.05, 0) is 37.1 Å². The number of fused-ring (bicyclic) bond motifs is 2. The Morgan fingerprint density at radius 1 is 1.33 bits per heavy atom. The molecule has 0 spiro atoms. The normalized spacial score (nSPS) is 13.9. The molecule has 3 aromatic heterocycles. The van der Waals surface area contributed by atoms with Gasteiger partial charge < -0.3 is 9.72 Å². The molecule has 3 heterocycles. The number of halogens is 1. The van der Waals surface area contributed by atoms with Crippen molar-refractivity contribution >= 4 is 17.2 Å². The predicted molar refractivity (Wildman–Crippen MR) is 93.8 cm³/mol. The van der Waals surface area contributed by atoms with Gasteiger partial charge in [0, 0.05) is 38.2 Å². The second-order valence-electron chi connectivity index (χ2n) is 6.56. The van der Waals surface area contributed by atoms with Gasteiger partial charge in [-0.15, -0.1) is 0 Å². The first-order valence-corrected chi connectivity index (χ1v) is 7.92. The summed E-state index contributed by atoms with van der Waals surface area (Å²) in [4.78, 5) is 13.1. The van der Waals surface area contributed by atoms with Crippen molar-refractivity contribution in [2.24, 2.45) is 0 Å². The highest BCUT2D eigenvalue weighted by molar-refractivity contribution is 5.83. The summed E-state index contributed by atoms with van der Waals surface area (Å²) >= 11 is 0. The number of nitrogens with zero attached hydrogens (tertiary/aromatic N) is 4. The van der Waals surface area contributed by atoms with E-state index in [1.807, 2.05) is 22.9 Å². The van der Waals surface area contributed by atoms with Gasteiger partial charge in [0.25, 0.3) is 0 Å². The molecule has 1 N–H and O–H groups in total. The Morgan fingerprint density at radius 2 is 2.21 bits per heavy atom. The first-order chi connectivity index (χ1) is 11.5. The van der Waals surface area contributed by atoms with Crippen molar-refractivity contribution in [3.8, 4) is 0 Å². The molecule has 0 aromatic carbocycles. The standard InChI is InChI=1S/C18H18FN5.H2/c1-18(2,19)11-22-17-21-9-14-13(4-5-15(14)23-17)12-3-6-16-20-7-8-24(16)10-12;/h3-4,6-10H,5,11H2,1-2H3,(H,21,22,23);1H. The van der Waals surface area contributed by atoms with Crippen molar-refractivity contribution in [2.75, 3.05) is 11.9 Å². The summed E-state index contributed by atoms with van der Waals surface area (Å²) in [5.41, 5.74) is 3.84. The molecule has 0 saturated heterocycles. The lowest BCUT2D eigenvalue weighted by atomic mass is 10.0. The molecule has 6 heteroatoms. The minimum atomic E-state index is -1.30. The quantitative estimate of drug-likeness (QED) is 0.797. The Bertz CT molecular complexity index is 942. The predicted octanol–water partition coefficient (Wildman–Crippen LogP) is 3.52. The average Bonchev–Trinajstić information content (AvgIpc) is 3.17. The molecular weight excluding hydrogens is 305 g/mol. The topological polar surface area (TPSA) is 55.1 Å². The second-order valence-corrected chi connectivity index (χ2v) is 6.56. The molecule has 0 saturated carbocycles. The molecule has 1 aliphatic rings. The van der Waals surface area contributed by atoms with E-state index >= 15 is 0 Å². The van der Waals surface area contributed by atoms with Crippen LogP contribution in [0.3, 0.4) is 0 Å². The minimum Gasteiger partial charge on any atom is -0.351 e. The van der Waals surface area contributed by atoms with Gasteiger partial charge in [0.05, 0.1) is 12.2 Å². The van der Waals surface area contributed by atoms with Gasteiger partial charge in [-0.2, -0.15) is 0 Å². The van der Waals surface area contributed by atoms with Crippen molar-refractivity contribution < 1.29 is 5.82 Å². The third kappa shape index (κ3) is 2.75. The largest absolute Gasteiger partial charge is 0.351 e. The fourth-order valence-electron chi connectivity index (χ4n) is 2.83. The van der Waals surface area contributed by atoms with E-state index < -0.39 is 5.67 Å². The number of rotatable bonds is 4. The lowest BCUT2D eigenvalue weighted by Gasteiger charge is -2.15. The van der Waals surface area contributed by atoms with Crippen LogP contribution in [0.5, 0.6) is 0 Å². The molecule has 124 valence electrons. The van der Waals surface area contributed by atoms with Crippen LogP contribution in [-0.4, -0.2) is 31.6 Å². The molecule has 0 fully saturated rings. The number of allylic oxidation sites excluding steroid dienone is 1. The lowest BCUT2D eigenvalue weighted by Crippen LogP contribution is -2.25. The summed E-state index contributed by atoms with van der Waals surface area (Å²) in [5, 5.41) is 2.96. The highest BCUT2D eigenvalue weighted by Gasteiger charge is 2.20. The first-order valence-electron chi connectivity index (χ1n) is 7.92. The first kappa shape index (κ1) is 14.8. The van der Waals surface area contributed by atoms with Gasteiger partial charge in [-0.1, -0.05) is 6.08 Å². The number of alkyl halides is 1. The SMILES string of the molecule is CC(C)(F)CNc1ncc2c(n1)CC=C2c1ccc2nccn2c1.[HH]. The molecule has 0 atom stereocenters. The van der Waals surface area contributed by atoms with Crippen molar-refractivity contribution in [1.29, 1.82) is 0 Å². The van der Waals surface area contributed by atoms with Crippen LogP contribution >= 0.6 is 0 Å². The Kier molecular flexibility index (Phi) is 3.33. The molecule has 3 aromatic rings. The number of anilines is 1. The number of nitrogens with one attached hydrogen (secondary N) is 1. The van der Waals surface area contributed by atoms with Crippen LogP contribution in [0, 0.1) is 0 Å². The van der Waals surface area contributed by atoms with Gasteiger partial charge in [0.15, 0.2) is 0 Å². The second kappa shape index (κ2) is 5.40. The van der Waals surface area contributed by atoms with E-state index in [4.69, 9.17) is 0 Å². The minimum absolute atomic E-state index is 0. The summed E-state index contributed by atoms with van der Waals surface area (Å²) in [6.45, 7) is 3.24. The molecule has 0 radical (unpaired) electrons. The molecule has 24 heavy (non-hydrogen) atoms. The van der Waals surface area contributed by atoms with Crippen LogP contribution in [0.15, 0.2) is 43.0 Å². The van der Waals surface area contributed by atoms with Crippen LogP contribution < -0.4 is 5.32 Å². The van der Waals surface area contributed by atoms with E-state index in [1.165, 1.54) is 13.8 Å². The third-order valence-corrected chi connectivity index (χ3v) is 4.02. The van der Waals surface area contributed by atoms with Gasteiger partial charge in [-0.25, -0.2) is 19.3 Å². The van der Waals surface area contributed by atoms with Crippen LogP contribution in [0.1, 0.15) is 32.1 Å². The molecule has 0 amide bonds. The zero-order valence-electron chi connectivity index (χ0n) is 13.6. The van der Waals surface area contributed by atoms with E-state index in [0.29, 0.717) is 5.95 Å². The monoisotopic (exact) mass is 325 g/mol. The summed E-state index contributed by atoms with van der Waals surface area (Å²) in [5.74, 6) is 0.471. The van der Waals surface area contributed by atoms with Crippen molar-refractivity contribution in [3.05, 3.63) is 59.8 Å². The molecule has 4 rings (SSSR count). The number of hydrogen-bond acceptors (Lipinski definition) is 4. The molecule has 0 aliphatic heterocycles. The zero-order valence-corrected chi connectivity index (χ0v) is 13.6. The Balaban J connectivity index is 0.00000182. The van der Waals surface area contributed by atoms with Crippen molar-refractivity contribution in [1.82, 2.24) is 19.4 Å².